The molecule has 0 radical (unpaired) electrons. The fraction of sp³-hybridized carbons (Fsp3) is 0.300. The number of carbonyl (C=O) groups is 1. The van der Waals surface area contributed by atoms with Gasteiger partial charge in [0.1, 0.15) is 5.65 Å². The van der Waals surface area contributed by atoms with Crippen LogP contribution in [0.4, 0.5) is 11.5 Å². The molecular formula is C20H22N4O2. The smallest absolute Gasteiger partial charge is 0.311 e. The molecule has 0 fully saturated rings. The highest BCUT2D eigenvalue weighted by Crippen LogP contribution is 2.29. The lowest BCUT2D eigenvalue weighted by atomic mass is 10.1. The second-order valence-corrected chi connectivity index (χ2v) is 6.16. The van der Waals surface area contributed by atoms with Crippen molar-refractivity contribution in [1.82, 2.24) is 9.38 Å². The maximum Gasteiger partial charge on any atom is 0.311 e. The highest BCUT2D eigenvalue weighted by Gasteiger charge is 2.17. The van der Waals surface area contributed by atoms with Crippen molar-refractivity contribution in [3.8, 4) is 0 Å². The zero-order chi connectivity index (χ0) is 18.7. The lowest BCUT2D eigenvalue weighted by Crippen LogP contribution is -2.04. The number of ether oxygens (including phenoxy) is 1. The average molecular weight is 350 g/mol. The summed E-state index contributed by atoms with van der Waals surface area (Å²) < 4.78 is 6.66. The summed E-state index contributed by atoms with van der Waals surface area (Å²) in [4.78, 5) is 16.4. The number of benzene rings is 1. The van der Waals surface area contributed by atoms with Crippen molar-refractivity contribution in [2.24, 2.45) is 10.2 Å². The van der Waals surface area contributed by atoms with Gasteiger partial charge in [0, 0.05) is 6.20 Å². The van der Waals surface area contributed by atoms with Gasteiger partial charge in [0.05, 0.1) is 24.9 Å². The number of hydrogen-bond donors (Lipinski definition) is 0. The summed E-state index contributed by atoms with van der Waals surface area (Å²) >= 11 is 0. The summed E-state index contributed by atoms with van der Waals surface area (Å²) in [7, 11) is 1.37. The number of imidazole rings is 1. The summed E-state index contributed by atoms with van der Waals surface area (Å²) in [6.45, 7) is 6.08. The molecule has 6 heteroatoms. The standard InChI is InChI=1S/C20H22N4O2/c1-5-15-10-6-8-13(2)18(15)22-23-20-16(12-17(25)26-4)21-19-14(3)9-7-11-24(19)20/h6-11H,5,12H2,1-4H3. The zero-order valence-corrected chi connectivity index (χ0v) is 15.5. The van der Waals surface area contributed by atoms with Crippen LogP contribution in [0.15, 0.2) is 46.8 Å². The monoisotopic (exact) mass is 350 g/mol. The van der Waals surface area contributed by atoms with Crippen molar-refractivity contribution < 1.29 is 9.53 Å². The van der Waals surface area contributed by atoms with Crippen molar-refractivity contribution in [1.29, 1.82) is 0 Å². The minimum atomic E-state index is -0.354. The molecule has 0 spiro atoms. The number of fused-ring (bicyclic) bond motifs is 1. The van der Waals surface area contributed by atoms with E-state index < -0.39 is 0 Å². The van der Waals surface area contributed by atoms with E-state index >= 15 is 0 Å². The number of pyridine rings is 1. The maximum absolute atomic E-state index is 11.8. The van der Waals surface area contributed by atoms with Crippen LogP contribution in [0, 0.1) is 13.8 Å². The molecule has 1 aromatic carbocycles. The average Bonchev–Trinajstić information content (AvgIpc) is 2.99. The van der Waals surface area contributed by atoms with Gasteiger partial charge in [-0.25, -0.2) is 4.98 Å². The molecule has 0 amide bonds. The zero-order valence-electron chi connectivity index (χ0n) is 15.5. The topological polar surface area (TPSA) is 68.3 Å². The molecule has 0 atom stereocenters. The third-order valence-corrected chi connectivity index (χ3v) is 4.38. The molecule has 26 heavy (non-hydrogen) atoms. The largest absolute Gasteiger partial charge is 0.469 e. The van der Waals surface area contributed by atoms with Gasteiger partial charge in [0.25, 0.3) is 0 Å². The van der Waals surface area contributed by atoms with Gasteiger partial charge in [0.2, 0.25) is 0 Å². The molecule has 0 saturated heterocycles. The van der Waals surface area contributed by atoms with E-state index in [9.17, 15) is 4.79 Å². The van der Waals surface area contributed by atoms with Crippen molar-refractivity contribution >= 4 is 23.1 Å². The summed E-state index contributed by atoms with van der Waals surface area (Å²) in [6, 6.07) is 9.99. The van der Waals surface area contributed by atoms with Crippen LogP contribution in [0.2, 0.25) is 0 Å². The number of nitrogens with zero attached hydrogens (tertiary/aromatic N) is 4. The third-order valence-electron chi connectivity index (χ3n) is 4.38. The number of methoxy groups -OCH3 is 1. The van der Waals surface area contributed by atoms with Gasteiger partial charge in [-0.2, -0.15) is 0 Å². The Bertz CT molecular complexity index is 989. The van der Waals surface area contributed by atoms with Gasteiger partial charge in [-0.1, -0.05) is 31.2 Å². The molecule has 0 aliphatic rings. The van der Waals surface area contributed by atoms with Gasteiger partial charge in [0.15, 0.2) is 5.82 Å². The number of aryl methyl sites for hydroxylation is 3. The minimum absolute atomic E-state index is 0.0559. The first-order chi connectivity index (χ1) is 12.5. The number of azo groups is 1. The van der Waals surface area contributed by atoms with Crippen molar-refractivity contribution in [3.63, 3.8) is 0 Å². The van der Waals surface area contributed by atoms with Gasteiger partial charge in [-0.05, 0) is 43.0 Å². The number of rotatable bonds is 5. The lowest BCUT2D eigenvalue weighted by Gasteiger charge is -2.05. The molecule has 0 saturated carbocycles. The number of hydrogen-bond acceptors (Lipinski definition) is 5. The molecule has 2 aromatic heterocycles. The molecule has 0 unspecified atom stereocenters. The second kappa shape index (κ2) is 7.47. The predicted molar refractivity (Wildman–Crippen MR) is 100 cm³/mol. The van der Waals surface area contributed by atoms with Crippen LogP contribution in [-0.2, 0) is 22.4 Å². The van der Waals surface area contributed by atoms with Crippen LogP contribution < -0.4 is 0 Å². The van der Waals surface area contributed by atoms with Crippen LogP contribution in [0.1, 0.15) is 29.3 Å². The number of carbonyl (C=O) groups excluding carboxylic acids is 1. The Hall–Kier alpha value is -3.02. The normalized spacial score (nSPS) is 11.4. The van der Waals surface area contributed by atoms with Crippen LogP contribution in [0.5, 0.6) is 0 Å². The first-order valence-electron chi connectivity index (χ1n) is 8.58. The van der Waals surface area contributed by atoms with Crippen molar-refractivity contribution in [2.75, 3.05) is 7.11 Å². The molecule has 3 rings (SSSR count). The third kappa shape index (κ3) is 3.35. The van der Waals surface area contributed by atoms with E-state index in [2.05, 4.69) is 28.2 Å². The molecule has 0 N–H and O–H groups in total. The van der Waals surface area contributed by atoms with Crippen molar-refractivity contribution in [3.05, 3.63) is 58.9 Å². The van der Waals surface area contributed by atoms with E-state index in [0.717, 1.165) is 34.4 Å². The molecular weight excluding hydrogens is 328 g/mol. The Morgan fingerprint density at radius 3 is 2.65 bits per heavy atom. The van der Waals surface area contributed by atoms with Crippen LogP contribution in [0.25, 0.3) is 5.65 Å². The first-order valence-corrected chi connectivity index (χ1v) is 8.58. The molecule has 0 aliphatic carbocycles. The summed E-state index contributed by atoms with van der Waals surface area (Å²) in [5.74, 6) is 0.201. The molecule has 0 aliphatic heterocycles. The van der Waals surface area contributed by atoms with E-state index in [1.807, 2.05) is 48.7 Å². The van der Waals surface area contributed by atoms with E-state index in [1.54, 1.807) is 0 Å². The Balaban J connectivity index is 2.13. The van der Waals surface area contributed by atoms with Gasteiger partial charge in [-0.3, -0.25) is 9.20 Å². The lowest BCUT2D eigenvalue weighted by molar-refractivity contribution is -0.139. The maximum atomic E-state index is 11.8. The Kier molecular flexibility index (Phi) is 5.11. The fourth-order valence-electron chi connectivity index (χ4n) is 2.92. The van der Waals surface area contributed by atoms with Gasteiger partial charge < -0.3 is 4.74 Å². The van der Waals surface area contributed by atoms with E-state index in [0.29, 0.717) is 11.5 Å². The van der Waals surface area contributed by atoms with Crippen LogP contribution >= 0.6 is 0 Å². The highest BCUT2D eigenvalue weighted by atomic mass is 16.5. The molecule has 3 aromatic rings. The molecule has 0 bridgehead atoms. The Labute approximate surface area is 152 Å². The van der Waals surface area contributed by atoms with E-state index in [-0.39, 0.29) is 12.4 Å². The number of esters is 1. The first kappa shape index (κ1) is 17.8. The van der Waals surface area contributed by atoms with E-state index in [1.165, 1.54) is 7.11 Å². The predicted octanol–water partition coefficient (Wildman–Crippen LogP) is 4.64. The Morgan fingerprint density at radius 2 is 1.92 bits per heavy atom. The quantitative estimate of drug-likeness (QED) is 0.497. The minimum Gasteiger partial charge on any atom is -0.469 e. The summed E-state index contributed by atoms with van der Waals surface area (Å²) in [5, 5.41) is 8.98. The van der Waals surface area contributed by atoms with E-state index in [4.69, 9.17) is 4.74 Å². The second-order valence-electron chi connectivity index (χ2n) is 6.16. The van der Waals surface area contributed by atoms with Crippen LogP contribution in [0.3, 0.4) is 0 Å². The summed E-state index contributed by atoms with van der Waals surface area (Å²) in [5.41, 5.74) is 5.38. The molecule has 2 heterocycles. The van der Waals surface area contributed by atoms with Crippen molar-refractivity contribution in [2.45, 2.75) is 33.6 Å². The number of aromatic nitrogens is 2. The fourth-order valence-corrected chi connectivity index (χ4v) is 2.92. The molecule has 6 nitrogen and oxygen atoms in total. The molecule has 134 valence electrons. The van der Waals surface area contributed by atoms with Gasteiger partial charge in [-0.15, -0.1) is 10.2 Å². The summed E-state index contributed by atoms with van der Waals surface area (Å²) in [6.07, 6.45) is 2.81. The Morgan fingerprint density at radius 1 is 1.15 bits per heavy atom. The SMILES string of the molecule is CCc1cccc(C)c1N=Nc1c(CC(=O)OC)nc2c(C)cccn12. The van der Waals surface area contributed by atoms with Crippen LogP contribution in [-0.4, -0.2) is 22.5 Å². The van der Waals surface area contributed by atoms with Gasteiger partial charge >= 0.3 is 5.97 Å². The highest BCUT2D eigenvalue weighted by molar-refractivity contribution is 5.74.